The smallest absolute Gasteiger partial charge is 0.0568 e. The van der Waals surface area contributed by atoms with Crippen LogP contribution in [0, 0.1) is 0 Å². The van der Waals surface area contributed by atoms with Gasteiger partial charge in [0.25, 0.3) is 0 Å². The van der Waals surface area contributed by atoms with Crippen LogP contribution in [-0.4, -0.2) is 12.4 Å². The lowest BCUT2D eigenvalue weighted by Crippen LogP contribution is -1.85. The highest BCUT2D eigenvalue weighted by Gasteiger charge is 2.12. The number of benzene rings is 8. The Labute approximate surface area is 321 Å². The van der Waals surface area contributed by atoms with Crippen LogP contribution in [0.25, 0.3) is 84.9 Å². The molecule has 0 spiro atoms. The van der Waals surface area contributed by atoms with Gasteiger partial charge in [0.2, 0.25) is 0 Å². The van der Waals surface area contributed by atoms with Crippen LogP contribution in [0.4, 0.5) is 0 Å². The third-order valence-corrected chi connectivity index (χ3v) is 12.6. The second kappa shape index (κ2) is 13.8. The summed E-state index contributed by atoms with van der Waals surface area (Å²) in [5.74, 6) is 0. The SMILES string of the molecule is C(=NN=Cc1ccc(-c2cccc(-c3cccc4c3sc3ccccc34)c2)cc1)c1ccc(-c2cccc(-c3cccc4c3sc3ccccc34)c2)cc1. The Morgan fingerprint density at radius 3 is 1.17 bits per heavy atom. The van der Waals surface area contributed by atoms with Gasteiger partial charge >= 0.3 is 0 Å². The van der Waals surface area contributed by atoms with Crippen molar-refractivity contribution in [3.8, 4) is 44.5 Å². The van der Waals surface area contributed by atoms with E-state index in [1.54, 1.807) is 12.4 Å². The summed E-state index contributed by atoms with van der Waals surface area (Å²) in [7, 11) is 0. The zero-order valence-electron chi connectivity index (χ0n) is 29.2. The summed E-state index contributed by atoms with van der Waals surface area (Å²) < 4.78 is 5.32. The van der Waals surface area contributed by atoms with Crippen molar-refractivity contribution >= 4 is 75.4 Å². The minimum Gasteiger partial charge on any atom is -0.159 e. The van der Waals surface area contributed by atoms with Crippen molar-refractivity contribution in [2.75, 3.05) is 0 Å². The van der Waals surface area contributed by atoms with Crippen LogP contribution in [0.15, 0.2) is 192 Å². The molecule has 2 nitrogen and oxygen atoms in total. The lowest BCUT2D eigenvalue weighted by atomic mass is 9.97. The average Bonchev–Trinajstić information content (AvgIpc) is 3.82. The molecule has 54 heavy (non-hydrogen) atoms. The Morgan fingerprint density at radius 2 is 0.704 bits per heavy atom. The Balaban J connectivity index is 0.826. The van der Waals surface area contributed by atoms with Crippen molar-refractivity contribution in [1.82, 2.24) is 0 Å². The molecular formula is C50H32N2S2. The third kappa shape index (κ3) is 6.02. The molecule has 8 aromatic carbocycles. The quantitative estimate of drug-likeness (QED) is 0.115. The largest absolute Gasteiger partial charge is 0.159 e. The molecule has 0 atom stereocenters. The Bertz CT molecular complexity index is 2830. The molecular weight excluding hydrogens is 693 g/mol. The Morgan fingerprint density at radius 1 is 0.315 bits per heavy atom. The fraction of sp³-hybridized carbons (Fsp3) is 0. The van der Waals surface area contributed by atoms with Gasteiger partial charge in [-0.15, -0.1) is 22.7 Å². The number of hydrogen-bond acceptors (Lipinski definition) is 4. The second-order valence-electron chi connectivity index (χ2n) is 13.5. The lowest BCUT2D eigenvalue weighted by molar-refractivity contribution is 1.26. The van der Waals surface area contributed by atoms with Crippen molar-refractivity contribution in [2.24, 2.45) is 10.2 Å². The number of hydrogen-bond donors (Lipinski definition) is 0. The minimum absolute atomic E-state index is 1.00. The predicted octanol–water partition coefficient (Wildman–Crippen LogP) is 14.5. The normalized spacial score (nSPS) is 11.9. The predicted molar refractivity (Wildman–Crippen MR) is 236 cm³/mol. The summed E-state index contributed by atoms with van der Waals surface area (Å²) >= 11 is 3.74. The zero-order valence-corrected chi connectivity index (χ0v) is 30.8. The number of nitrogens with zero attached hydrogens (tertiary/aromatic N) is 2. The van der Waals surface area contributed by atoms with E-state index in [-0.39, 0.29) is 0 Å². The summed E-state index contributed by atoms with van der Waals surface area (Å²) in [5, 5.41) is 14.0. The van der Waals surface area contributed by atoms with Gasteiger partial charge < -0.3 is 0 Å². The van der Waals surface area contributed by atoms with Crippen molar-refractivity contribution in [2.45, 2.75) is 0 Å². The number of fused-ring (bicyclic) bond motifs is 6. The molecule has 10 rings (SSSR count). The van der Waals surface area contributed by atoms with Crippen LogP contribution in [0.1, 0.15) is 11.1 Å². The molecule has 254 valence electrons. The van der Waals surface area contributed by atoms with E-state index < -0.39 is 0 Å². The number of rotatable bonds is 7. The van der Waals surface area contributed by atoms with Gasteiger partial charge in [0.05, 0.1) is 12.4 Å². The molecule has 0 saturated heterocycles. The molecule has 0 unspecified atom stereocenters. The van der Waals surface area contributed by atoms with E-state index in [0.717, 1.165) is 11.1 Å². The molecule has 0 radical (unpaired) electrons. The first-order chi connectivity index (χ1) is 26.7. The summed E-state index contributed by atoms with van der Waals surface area (Å²) in [6, 6.07) is 65.3. The molecule has 0 aliphatic heterocycles. The Kier molecular flexibility index (Phi) is 8.25. The monoisotopic (exact) mass is 724 g/mol. The van der Waals surface area contributed by atoms with Gasteiger partial charge in [-0.3, -0.25) is 0 Å². The molecule has 0 saturated carbocycles. The van der Waals surface area contributed by atoms with Gasteiger partial charge in [0.15, 0.2) is 0 Å². The van der Waals surface area contributed by atoms with Gasteiger partial charge in [-0.05, 0) is 79.9 Å². The highest BCUT2D eigenvalue weighted by Crippen LogP contribution is 2.42. The molecule has 10 aromatic rings. The molecule has 0 bridgehead atoms. The van der Waals surface area contributed by atoms with E-state index in [4.69, 9.17) is 0 Å². The van der Waals surface area contributed by atoms with E-state index in [0.29, 0.717) is 0 Å². The first-order valence-corrected chi connectivity index (χ1v) is 19.7. The van der Waals surface area contributed by atoms with Gasteiger partial charge in [-0.25, -0.2) is 0 Å². The highest BCUT2D eigenvalue weighted by molar-refractivity contribution is 7.26. The van der Waals surface area contributed by atoms with Crippen LogP contribution in [0.5, 0.6) is 0 Å². The van der Waals surface area contributed by atoms with E-state index in [1.165, 1.54) is 84.9 Å². The van der Waals surface area contributed by atoms with Gasteiger partial charge in [-0.2, -0.15) is 10.2 Å². The standard InChI is InChI=1S/C50H32N2S2/c1-3-19-47-43(13-1)45-17-7-15-41(49(45)53-47)39-11-5-9-37(29-39)35-25-21-33(22-26-35)31-51-52-32-34-23-27-36(28-24-34)38-10-6-12-40(30-38)42-16-8-18-46-44-14-2-4-20-48(44)54-50(42)46/h1-32H. The van der Waals surface area contributed by atoms with Crippen LogP contribution < -0.4 is 0 Å². The molecule has 0 aliphatic rings. The summed E-state index contributed by atoms with van der Waals surface area (Å²) in [6.07, 6.45) is 3.60. The Hall–Kier alpha value is -6.46. The van der Waals surface area contributed by atoms with E-state index in [9.17, 15) is 0 Å². The molecule has 2 heterocycles. The van der Waals surface area contributed by atoms with Crippen LogP contribution >= 0.6 is 22.7 Å². The molecule has 0 aliphatic carbocycles. The molecule has 4 heteroatoms. The minimum atomic E-state index is 1.00. The van der Waals surface area contributed by atoms with Crippen molar-refractivity contribution < 1.29 is 0 Å². The van der Waals surface area contributed by atoms with Gasteiger partial charge in [-0.1, -0.05) is 158 Å². The van der Waals surface area contributed by atoms with Crippen molar-refractivity contribution in [3.63, 3.8) is 0 Å². The summed E-state index contributed by atoms with van der Waals surface area (Å²) in [6.45, 7) is 0. The highest BCUT2D eigenvalue weighted by atomic mass is 32.1. The fourth-order valence-corrected chi connectivity index (χ4v) is 9.88. The fourth-order valence-electron chi connectivity index (χ4n) is 7.40. The molecule has 0 amide bonds. The molecule has 0 N–H and O–H groups in total. The second-order valence-corrected chi connectivity index (χ2v) is 15.6. The lowest BCUT2D eigenvalue weighted by Gasteiger charge is -2.08. The molecule has 2 aromatic heterocycles. The van der Waals surface area contributed by atoms with E-state index in [2.05, 4.69) is 192 Å². The van der Waals surface area contributed by atoms with E-state index >= 15 is 0 Å². The van der Waals surface area contributed by atoms with Gasteiger partial charge in [0, 0.05) is 40.3 Å². The summed E-state index contributed by atoms with van der Waals surface area (Å²) in [5.41, 5.74) is 11.7. The maximum absolute atomic E-state index is 4.35. The molecule has 0 fully saturated rings. The van der Waals surface area contributed by atoms with Crippen molar-refractivity contribution in [1.29, 1.82) is 0 Å². The van der Waals surface area contributed by atoms with Crippen LogP contribution in [-0.2, 0) is 0 Å². The number of thiophene rings is 2. The maximum Gasteiger partial charge on any atom is 0.0568 e. The first kappa shape index (κ1) is 32.2. The van der Waals surface area contributed by atoms with E-state index in [1.807, 2.05) is 22.7 Å². The summed E-state index contributed by atoms with van der Waals surface area (Å²) in [4.78, 5) is 0. The third-order valence-electron chi connectivity index (χ3n) is 10.1. The van der Waals surface area contributed by atoms with Gasteiger partial charge in [0.1, 0.15) is 0 Å². The zero-order chi connectivity index (χ0) is 35.8. The topological polar surface area (TPSA) is 24.7 Å². The van der Waals surface area contributed by atoms with Crippen molar-refractivity contribution in [3.05, 3.63) is 193 Å². The average molecular weight is 725 g/mol. The van der Waals surface area contributed by atoms with Crippen LogP contribution in [0.2, 0.25) is 0 Å². The maximum atomic E-state index is 4.35. The van der Waals surface area contributed by atoms with Crippen LogP contribution in [0.3, 0.4) is 0 Å². The first-order valence-electron chi connectivity index (χ1n) is 18.0.